The molecule has 0 aromatic heterocycles. The average molecular weight is 263 g/mol. The second-order valence-corrected chi connectivity index (χ2v) is 5.93. The molecule has 1 fully saturated rings. The van der Waals surface area contributed by atoms with Crippen molar-refractivity contribution in [3.05, 3.63) is 23.8 Å². The monoisotopic (exact) mass is 263 g/mol. The smallest absolute Gasteiger partial charge is 0.141 e. The molecule has 3 heteroatoms. The van der Waals surface area contributed by atoms with Crippen molar-refractivity contribution < 1.29 is 9.47 Å². The van der Waals surface area contributed by atoms with E-state index < -0.39 is 0 Å². The van der Waals surface area contributed by atoms with Gasteiger partial charge in [0.05, 0.1) is 25.5 Å². The molecule has 1 aliphatic carbocycles. The van der Waals surface area contributed by atoms with Crippen LogP contribution < -0.4 is 10.5 Å². The van der Waals surface area contributed by atoms with Crippen LogP contribution in [0.25, 0.3) is 0 Å². The van der Waals surface area contributed by atoms with E-state index >= 15 is 0 Å². The quantitative estimate of drug-likeness (QED) is 0.844. The van der Waals surface area contributed by atoms with Crippen LogP contribution in [0.2, 0.25) is 0 Å². The molecule has 0 radical (unpaired) electrons. The van der Waals surface area contributed by atoms with E-state index in [9.17, 15) is 0 Å². The van der Waals surface area contributed by atoms with Gasteiger partial charge in [-0.15, -0.1) is 0 Å². The number of rotatable bonds is 4. The zero-order valence-corrected chi connectivity index (χ0v) is 12.2. The van der Waals surface area contributed by atoms with Gasteiger partial charge in [-0.05, 0) is 48.8 Å². The van der Waals surface area contributed by atoms with Crippen molar-refractivity contribution in [1.82, 2.24) is 0 Å². The molecule has 2 rings (SSSR count). The second-order valence-electron chi connectivity index (χ2n) is 5.93. The third-order valence-electron chi connectivity index (χ3n) is 3.92. The lowest BCUT2D eigenvalue weighted by Gasteiger charge is -2.31. The zero-order chi connectivity index (χ0) is 13.8. The Morgan fingerprint density at radius 3 is 2.42 bits per heavy atom. The van der Waals surface area contributed by atoms with Gasteiger partial charge in [0.25, 0.3) is 0 Å². The van der Waals surface area contributed by atoms with Gasteiger partial charge in [0.2, 0.25) is 0 Å². The molecule has 2 N–H and O–H groups in total. The fourth-order valence-electron chi connectivity index (χ4n) is 3.10. The fourth-order valence-corrected chi connectivity index (χ4v) is 3.10. The van der Waals surface area contributed by atoms with Crippen LogP contribution in [0.4, 0.5) is 5.69 Å². The van der Waals surface area contributed by atoms with Crippen LogP contribution in [0.1, 0.15) is 38.7 Å². The number of hydrogen-bond acceptors (Lipinski definition) is 3. The van der Waals surface area contributed by atoms with Gasteiger partial charge in [-0.1, -0.05) is 19.9 Å². The Labute approximate surface area is 116 Å². The van der Waals surface area contributed by atoms with Gasteiger partial charge in [0.1, 0.15) is 5.75 Å². The lowest BCUT2D eigenvalue weighted by atomic mass is 9.82. The SMILES string of the molecule is COc1ccc(COC2CC(C)CC(C)C2)cc1N. The third-order valence-corrected chi connectivity index (χ3v) is 3.92. The fraction of sp³-hybridized carbons (Fsp3) is 0.625. The van der Waals surface area contributed by atoms with Gasteiger partial charge in [0.15, 0.2) is 0 Å². The zero-order valence-electron chi connectivity index (χ0n) is 12.2. The predicted octanol–water partition coefficient (Wildman–Crippen LogP) is 3.62. The van der Waals surface area contributed by atoms with Crippen LogP contribution in [0.15, 0.2) is 18.2 Å². The summed E-state index contributed by atoms with van der Waals surface area (Å²) >= 11 is 0. The van der Waals surface area contributed by atoms with E-state index in [-0.39, 0.29) is 0 Å². The molecule has 3 nitrogen and oxygen atoms in total. The van der Waals surface area contributed by atoms with Crippen molar-refractivity contribution in [2.45, 2.75) is 45.8 Å². The first-order valence-corrected chi connectivity index (χ1v) is 7.12. The van der Waals surface area contributed by atoms with Crippen LogP contribution in [0.3, 0.4) is 0 Å². The number of methoxy groups -OCH3 is 1. The molecule has 0 amide bonds. The minimum Gasteiger partial charge on any atom is -0.495 e. The van der Waals surface area contributed by atoms with Crippen LogP contribution >= 0.6 is 0 Å². The lowest BCUT2D eigenvalue weighted by Crippen LogP contribution is -2.26. The molecule has 1 aliphatic rings. The summed E-state index contributed by atoms with van der Waals surface area (Å²) in [5.74, 6) is 2.27. The molecule has 0 spiro atoms. The maximum Gasteiger partial charge on any atom is 0.141 e. The van der Waals surface area contributed by atoms with Crippen molar-refractivity contribution >= 4 is 5.69 Å². The molecule has 1 aromatic rings. The Morgan fingerprint density at radius 1 is 1.16 bits per heavy atom. The number of nitrogen functional groups attached to an aromatic ring is 1. The van der Waals surface area contributed by atoms with Crippen LogP contribution in [0.5, 0.6) is 5.75 Å². The Kier molecular flexibility index (Phi) is 4.70. The Bertz CT molecular complexity index is 409. The number of nitrogens with two attached hydrogens (primary N) is 1. The minimum atomic E-state index is 0.391. The third kappa shape index (κ3) is 3.87. The summed E-state index contributed by atoms with van der Waals surface area (Å²) in [6, 6.07) is 5.86. The van der Waals surface area contributed by atoms with Crippen molar-refractivity contribution in [3.8, 4) is 5.75 Å². The molecule has 0 saturated heterocycles. The molecule has 0 heterocycles. The molecular weight excluding hydrogens is 238 g/mol. The highest BCUT2D eigenvalue weighted by atomic mass is 16.5. The molecule has 1 saturated carbocycles. The summed E-state index contributed by atoms with van der Waals surface area (Å²) in [5, 5.41) is 0. The van der Waals surface area contributed by atoms with Crippen molar-refractivity contribution in [3.63, 3.8) is 0 Å². The summed E-state index contributed by atoms with van der Waals surface area (Å²) in [6.07, 6.45) is 4.07. The molecule has 2 atom stereocenters. The summed E-state index contributed by atoms with van der Waals surface area (Å²) in [5.41, 5.74) is 7.69. The summed E-state index contributed by atoms with van der Waals surface area (Å²) in [4.78, 5) is 0. The van der Waals surface area contributed by atoms with Gasteiger partial charge in [-0.25, -0.2) is 0 Å². The van der Waals surface area contributed by atoms with Gasteiger partial charge >= 0.3 is 0 Å². The summed E-state index contributed by atoms with van der Waals surface area (Å²) in [6.45, 7) is 5.27. The van der Waals surface area contributed by atoms with Crippen LogP contribution in [-0.2, 0) is 11.3 Å². The summed E-state index contributed by atoms with van der Waals surface area (Å²) in [7, 11) is 1.63. The highest BCUT2D eigenvalue weighted by Gasteiger charge is 2.24. The van der Waals surface area contributed by atoms with Crippen molar-refractivity contribution in [2.24, 2.45) is 11.8 Å². The molecule has 0 aliphatic heterocycles. The van der Waals surface area contributed by atoms with E-state index in [2.05, 4.69) is 13.8 Å². The number of benzene rings is 1. The van der Waals surface area contributed by atoms with E-state index in [1.807, 2.05) is 18.2 Å². The Hall–Kier alpha value is -1.22. The highest BCUT2D eigenvalue weighted by Crippen LogP contribution is 2.31. The standard InChI is InChI=1S/C16H25NO2/c1-11-6-12(2)8-14(7-11)19-10-13-4-5-16(18-3)15(17)9-13/h4-5,9,11-12,14H,6-8,10,17H2,1-3H3. The molecule has 2 unspecified atom stereocenters. The first kappa shape index (κ1) is 14.2. The molecule has 1 aromatic carbocycles. The maximum absolute atomic E-state index is 6.04. The van der Waals surface area contributed by atoms with Crippen LogP contribution in [-0.4, -0.2) is 13.2 Å². The minimum absolute atomic E-state index is 0.391. The predicted molar refractivity (Wildman–Crippen MR) is 78.2 cm³/mol. The molecular formula is C16H25NO2. The Balaban J connectivity index is 1.89. The van der Waals surface area contributed by atoms with Gasteiger partial charge < -0.3 is 15.2 Å². The largest absolute Gasteiger partial charge is 0.495 e. The normalized spacial score (nSPS) is 27.2. The van der Waals surface area contributed by atoms with E-state index in [0.717, 1.165) is 23.1 Å². The van der Waals surface area contributed by atoms with Gasteiger partial charge in [0, 0.05) is 0 Å². The maximum atomic E-state index is 6.04. The van der Waals surface area contributed by atoms with Crippen LogP contribution in [0, 0.1) is 11.8 Å². The lowest BCUT2D eigenvalue weighted by molar-refractivity contribution is -0.00914. The second kappa shape index (κ2) is 6.29. The first-order valence-electron chi connectivity index (χ1n) is 7.12. The van der Waals surface area contributed by atoms with Crippen molar-refractivity contribution in [2.75, 3.05) is 12.8 Å². The number of ether oxygens (including phenoxy) is 2. The van der Waals surface area contributed by atoms with E-state index in [1.54, 1.807) is 7.11 Å². The topological polar surface area (TPSA) is 44.5 Å². The Morgan fingerprint density at radius 2 is 1.84 bits per heavy atom. The number of hydrogen-bond donors (Lipinski definition) is 1. The van der Waals surface area contributed by atoms with Gasteiger partial charge in [-0.2, -0.15) is 0 Å². The number of anilines is 1. The van der Waals surface area contributed by atoms with E-state index in [0.29, 0.717) is 18.4 Å². The molecule has 19 heavy (non-hydrogen) atoms. The average Bonchev–Trinajstić information content (AvgIpc) is 2.35. The van der Waals surface area contributed by atoms with E-state index in [1.165, 1.54) is 19.3 Å². The van der Waals surface area contributed by atoms with Crippen molar-refractivity contribution in [1.29, 1.82) is 0 Å². The van der Waals surface area contributed by atoms with E-state index in [4.69, 9.17) is 15.2 Å². The summed E-state index contributed by atoms with van der Waals surface area (Å²) < 4.78 is 11.2. The van der Waals surface area contributed by atoms with Gasteiger partial charge in [-0.3, -0.25) is 0 Å². The highest BCUT2D eigenvalue weighted by molar-refractivity contribution is 5.54. The molecule has 106 valence electrons. The first-order chi connectivity index (χ1) is 9.08. The molecule has 0 bridgehead atoms.